The zero-order valence-electron chi connectivity index (χ0n) is 17.3. The number of benzene rings is 2. The first-order chi connectivity index (χ1) is 15.3. The lowest BCUT2D eigenvalue weighted by Gasteiger charge is -2.09. The Balaban J connectivity index is 1.22. The van der Waals surface area contributed by atoms with Crippen LogP contribution in [0.15, 0.2) is 72.4 Å². The average Bonchev–Trinajstić information content (AvgIpc) is 3.50. The van der Waals surface area contributed by atoms with Gasteiger partial charge in [0.25, 0.3) is 0 Å². The molecule has 0 amide bonds. The van der Waals surface area contributed by atoms with Gasteiger partial charge < -0.3 is 10.3 Å². The first kappa shape index (κ1) is 19.5. The number of hydrogen-bond donors (Lipinski definition) is 2. The maximum atomic E-state index is 4.70. The summed E-state index contributed by atoms with van der Waals surface area (Å²) in [5.74, 6) is 2.17. The van der Waals surface area contributed by atoms with Crippen LogP contribution in [0.1, 0.15) is 17.5 Å². The molecular formula is C25H23N5S. The van der Waals surface area contributed by atoms with E-state index in [-0.39, 0.29) is 0 Å². The van der Waals surface area contributed by atoms with Crippen molar-refractivity contribution >= 4 is 27.4 Å². The Kier molecular flexibility index (Phi) is 5.46. The Bertz CT molecular complexity index is 1270. The third-order valence-corrected chi connectivity index (χ3v) is 6.12. The number of aromatic amines is 1. The molecular weight excluding hydrogens is 402 g/mol. The molecule has 2 aromatic carbocycles. The van der Waals surface area contributed by atoms with Gasteiger partial charge >= 0.3 is 0 Å². The molecule has 0 saturated carbocycles. The van der Waals surface area contributed by atoms with Gasteiger partial charge in [0.2, 0.25) is 0 Å². The van der Waals surface area contributed by atoms with Gasteiger partial charge in [-0.25, -0.2) is 15.0 Å². The molecule has 3 aromatic heterocycles. The van der Waals surface area contributed by atoms with Crippen molar-refractivity contribution < 1.29 is 0 Å². The van der Waals surface area contributed by atoms with E-state index in [1.807, 2.05) is 5.38 Å². The number of nitrogens with zero attached hydrogens (tertiary/aromatic N) is 3. The number of aryl methyl sites for hydroxylation is 2. The summed E-state index contributed by atoms with van der Waals surface area (Å²) in [5, 5.41) is 6.61. The van der Waals surface area contributed by atoms with E-state index in [0.29, 0.717) is 11.6 Å². The number of thiophene rings is 1. The number of H-pyrrole nitrogens is 1. The normalized spacial score (nSPS) is 11.1. The zero-order chi connectivity index (χ0) is 21.0. The van der Waals surface area contributed by atoms with Crippen LogP contribution in [0, 0.1) is 6.92 Å². The molecule has 5 aromatic rings. The Morgan fingerprint density at radius 2 is 1.71 bits per heavy atom. The van der Waals surface area contributed by atoms with Crippen molar-refractivity contribution in [3.8, 4) is 22.8 Å². The molecule has 2 N–H and O–H groups in total. The van der Waals surface area contributed by atoms with Crippen LogP contribution in [-0.4, -0.2) is 26.5 Å². The molecule has 3 heterocycles. The molecule has 0 aliphatic rings. The molecule has 0 atom stereocenters. The van der Waals surface area contributed by atoms with Crippen LogP contribution >= 0.6 is 11.3 Å². The first-order valence-electron chi connectivity index (χ1n) is 10.4. The molecule has 0 spiro atoms. The van der Waals surface area contributed by atoms with Crippen molar-refractivity contribution in [3.05, 3.63) is 83.5 Å². The van der Waals surface area contributed by atoms with E-state index in [2.05, 4.69) is 81.8 Å². The molecule has 31 heavy (non-hydrogen) atoms. The van der Waals surface area contributed by atoms with Crippen molar-refractivity contribution in [3.63, 3.8) is 0 Å². The molecule has 0 fully saturated rings. The lowest BCUT2D eigenvalue weighted by molar-refractivity contribution is 0.860. The van der Waals surface area contributed by atoms with Crippen LogP contribution in [0.5, 0.6) is 0 Å². The highest BCUT2D eigenvalue weighted by Gasteiger charge is 2.11. The van der Waals surface area contributed by atoms with Crippen molar-refractivity contribution in [1.82, 2.24) is 19.9 Å². The van der Waals surface area contributed by atoms with E-state index in [9.17, 15) is 0 Å². The van der Waals surface area contributed by atoms with Crippen molar-refractivity contribution in [2.75, 3.05) is 11.9 Å². The van der Waals surface area contributed by atoms with Gasteiger partial charge in [0, 0.05) is 18.9 Å². The topological polar surface area (TPSA) is 66.5 Å². The van der Waals surface area contributed by atoms with E-state index in [1.54, 1.807) is 23.7 Å². The molecule has 0 saturated heterocycles. The third kappa shape index (κ3) is 4.34. The molecule has 5 nitrogen and oxygen atoms in total. The highest BCUT2D eigenvalue weighted by molar-refractivity contribution is 7.16. The van der Waals surface area contributed by atoms with Crippen molar-refractivity contribution in [2.45, 2.75) is 19.8 Å². The van der Waals surface area contributed by atoms with Gasteiger partial charge in [0.1, 0.15) is 10.6 Å². The summed E-state index contributed by atoms with van der Waals surface area (Å²) in [7, 11) is 0. The minimum atomic E-state index is 0.620. The second kappa shape index (κ2) is 8.70. The smallest absolute Gasteiger partial charge is 0.199 e. The third-order valence-electron chi connectivity index (χ3n) is 5.31. The number of aromatic nitrogens is 4. The maximum Gasteiger partial charge on any atom is 0.199 e. The molecule has 0 unspecified atom stereocenters. The van der Waals surface area contributed by atoms with Crippen molar-refractivity contribution in [2.24, 2.45) is 0 Å². The predicted octanol–water partition coefficient (Wildman–Crippen LogP) is 6.10. The second-order valence-corrected chi connectivity index (χ2v) is 8.46. The summed E-state index contributed by atoms with van der Waals surface area (Å²) in [5.41, 5.74) is 5.15. The Labute approximate surface area is 185 Å². The van der Waals surface area contributed by atoms with E-state index < -0.39 is 0 Å². The van der Waals surface area contributed by atoms with E-state index >= 15 is 0 Å². The van der Waals surface area contributed by atoms with E-state index in [4.69, 9.17) is 4.98 Å². The molecule has 0 aliphatic carbocycles. The number of fused-ring (bicyclic) bond motifs is 1. The predicted molar refractivity (Wildman–Crippen MR) is 128 cm³/mol. The van der Waals surface area contributed by atoms with Crippen LogP contribution < -0.4 is 5.32 Å². The van der Waals surface area contributed by atoms with Gasteiger partial charge in [0.05, 0.1) is 5.39 Å². The van der Waals surface area contributed by atoms with E-state index in [1.165, 1.54) is 22.3 Å². The number of hydrogen-bond acceptors (Lipinski definition) is 5. The van der Waals surface area contributed by atoms with Crippen LogP contribution in [0.2, 0.25) is 0 Å². The number of rotatable bonds is 7. The summed E-state index contributed by atoms with van der Waals surface area (Å²) < 4.78 is 0. The van der Waals surface area contributed by atoms with Crippen molar-refractivity contribution in [1.29, 1.82) is 0 Å². The maximum absolute atomic E-state index is 4.70. The fourth-order valence-corrected chi connectivity index (χ4v) is 4.36. The highest BCUT2D eigenvalue weighted by Crippen LogP contribution is 2.27. The average molecular weight is 426 g/mol. The Morgan fingerprint density at radius 1 is 0.935 bits per heavy atom. The van der Waals surface area contributed by atoms with Crippen LogP contribution in [0.3, 0.4) is 0 Å². The number of anilines is 1. The number of imidazole rings is 1. The number of nitrogens with one attached hydrogen (secondary N) is 2. The monoisotopic (exact) mass is 425 g/mol. The molecule has 6 heteroatoms. The zero-order valence-corrected chi connectivity index (χ0v) is 18.1. The highest BCUT2D eigenvalue weighted by atomic mass is 32.1. The molecule has 5 rings (SSSR count). The second-order valence-electron chi connectivity index (χ2n) is 7.57. The van der Waals surface area contributed by atoms with E-state index in [0.717, 1.165) is 35.4 Å². The molecule has 154 valence electrons. The molecule has 0 bridgehead atoms. The van der Waals surface area contributed by atoms with Gasteiger partial charge in [0.15, 0.2) is 11.6 Å². The van der Waals surface area contributed by atoms with Gasteiger partial charge in [-0.3, -0.25) is 0 Å². The van der Waals surface area contributed by atoms with Gasteiger partial charge in [-0.2, -0.15) is 0 Å². The molecule has 0 aliphatic heterocycles. The van der Waals surface area contributed by atoms with Gasteiger partial charge in [-0.1, -0.05) is 54.1 Å². The van der Waals surface area contributed by atoms with Crippen LogP contribution in [0.25, 0.3) is 33.0 Å². The Hall–Kier alpha value is -3.51. The van der Waals surface area contributed by atoms with Gasteiger partial charge in [-0.15, -0.1) is 11.3 Å². The lowest BCUT2D eigenvalue weighted by Crippen LogP contribution is -2.06. The fourth-order valence-electron chi connectivity index (χ4n) is 3.59. The van der Waals surface area contributed by atoms with Gasteiger partial charge in [-0.05, 0) is 47.9 Å². The Morgan fingerprint density at radius 3 is 2.45 bits per heavy atom. The minimum absolute atomic E-state index is 0.620. The standard InChI is InChI=1S/C25H23N5S/c1-17-4-8-19(9-5-17)20-10-6-18(7-11-20)3-2-13-26-22-21-12-16-31-25(21)30-24(29-22)23-27-14-15-28-23/h4-12,14-16H,2-3,13H2,1H3,(H,27,28)(H,26,29,30). The van der Waals surface area contributed by atoms with Crippen LogP contribution in [-0.2, 0) is 6.42 Å². The molecule has 0 radical (unpaired) electrons. The van der Waals surface area contributed by atoms with Crippen LogP contribution in [0.4, 0.5) is 5.82 Å². The summed E-state index contributed by atoms with van der Waals surface area (Å²) in [6.07, 6.45) is 5.54. The minimum Gasteiger partial charge on any atom is -0.369 e. The summed E-state index contributed by atoms with van der Waals surface area (Å²) >= 11 is 1.62. The SMILES string of the molecule is Cc1ccc(-c2ccc(CCCNc3nc(-c4ncc[nH]4)nc4sccc34)cc2)cc1. The quantitative estimate of drug-likeness (QED) is 0.309. The fraction of sp³-hybridized carbons (Fsp3) is 0.160. The largest absolute Gasteiger partial charge is 0.369 e. The summed E-state index contributed by atoms with van der Waals surface area (Å²) in [6.45, 7) is 2.96. The lowest BCUT2D eigenvalue weighted by atomic mass is 10.0. The summed E-state index contributed by atoms with van der Waals surface area (Å²) in [6, 6.07) is 19.6. The first-order valence-corrected chi connectivity index (χ1v) is 11.3. The summed E-state index contributed by atoms with van der Waals surface area (Å²) in [4.78, 5) is 17.7.